The Kier molecular flexibility index (Phi) is 4.49. The maximum absolute atomic E-state index is 11.0. The molecule has 20 heavy (non-hydrogen) atoms. The Balaban J connectivity index is 1.99. The minimum Gasteiger partial charge on any atom is -0.387 e. The molecule has 0 fully saturated rings. The number of carbonyl (C=O) groups is 2. The molecule has 2 aromatic rings. The van der Waals surface area contributed by atoms with Gasteiger partial charge in [0.2, 0.25) is 0 Å². The van der Waals surface area contributed by atoms with Gasteiger partial charge in [-0.15, -0.1) is 11.3 Å². The van der Waals surface area contributed by atoms with Crippen molar-refractivity contribution in [1.82, 2.24) is 5.32 Å². The molecule has 0 aliphatic rings. The van der Waals surface area contributed by atoms with Crippen LogP contribution in [0.5, 0.6) is 0 Å². The van der Waals surface area contributed by atoms with E-state index in [9.17, 15) is 14.7 Å². The summed E-state index contributed by atoms with van der Waals surface area (Å²) in [6.45, 7) is -0.0554. The first kappa shape index (κ1) is 14.2. The molecule has 0 saturated heterocycles. The summed E-state index contributed by atoms with van der Waals surface area (Å²) < 4.78 is 0. The van der Waals surface area contributed by atoms with Crippen LogP contribution in [0.1, 0.15) is 11.7 Å². The molecule has 4 N–H and O–H groups in total. The van der Waals surface area contributed by atoms with E-state index in [1.807, 2.05) is 29.6 Å². The van der Waals surface area contributed by atoms with Gasteiger partial charge in [0.1, 0.15) is 0 Å². The van der Waals surface area contributed by atoms with E-state index in [2.05, 4.69) is 5.32 Å². The summed E-state index contributed by atoms with van der Waals surface area (Å²) in [7, 11) is 0. The Morgan fingerprint density at radius 3 is 2.50 bits per heavy atom. The SMILES string of the molecule is NC(=O)C(=O)NCC(O)c1ccc(-c2cccs2)cc1. The molecule has 6 heteroatoms. The lowest BCUT2D eigenvalue weighted by Gasteiger charge is -2.11. The van der Waals surface area contributed by atoms with E-state index in [0.29, 0.717) is 5.56 Å². The van der Waals surface area contributed by atoms with Gasteiger partial charge in [-0.05, 0) is 22.6 Å². The highest BCUT2D eigenvalue weighted by atomic mass is 32.1. The molecule has 0 aliphatic carbocycles. The van der Waals surface area contributed by atoms with Crippen molar-refractivity contribution >= 4 is 23.2 Å². The zero-order valence-electron chi connectivity index (χ0n) is 10.6. The summed E-state index contributed by atoms with van der Waals surface area (Å²) in [5.41, 5.74) is 6.53. The fourth-order valence-electron chi connectivity index (χ4n) is 1.71. The van der Waals surface area contributed by atoms with E-state index in [0.717, 1.165) is 10.4 Å². The molecule has 2 rings (SSSR count). The van der Waals surface area contributed by atoms with Crippen molar-refractivity contribution in [2.24, 2.45) is 5.73 Å². The third kappa shape index (κ3) is 3.43. The number of aliphatic hydroxyl groups excluding tert-OH is 1. The first-order valence-electron chi connectivity index (χ1n) is 5.97. The zero-order valence-corrected chi connectivity index (χ0v) is 11.4. The topological polar surface area (TPSA) is 92.4 Å². The van der Waals surface area contributed by atoms with Gasteiger partial charge < -0.3 is 16.2 Å². The molecule has 1 unspecified atom stereocenters. The summed E-state index contributed by atoms with van der Waals surface area (Å²) >= 11 is 1.64. The average molecular weight is 290 g/mol. The quantitative estimate of drug-likeness (QED) is 0.735. The van der Waals surface area contributed by atoms with Crippen molar-refractivity contribution in [3.63, 3.8) is 0 Å². The lowest BCUT2D eigenvalue weighted by atomic mass is 10.1. The summed E-state index contributed by atoms with van der Waals surface area (Å²) in [5.74, 6) is -1.97. The second-order valence-electron chi connectivity index (χ2n) is 4.19. The van der Waals surface area contributed by atoms with E-state index in [4.69, 9.17) is 5.73 Å². The molecule has 104 valence electrons. The Morgan fingerprint density at radius 1 is 1.25 bits per heavy atom. The summed E-state index contributed by atoms with van der Waals surface area (Å²) in [6, 6.07) is 11.4. The van der Waals surface area contributed by atoms with Crippen LogP contribution >= 0.6 is 11.3 Å². The number of benzene rings is 1. The normalized spacial score (nSPS) is 11.8. The number of primary amides is 1. The molecule has 0 bridgehead atoms. The number of nitrogens with one attached hydrogen (secondary N) is 1. The van der Waals surface area contributed by atoms with Crippen molar-refractivity contribution in [1.29, 1.82) is 0 Å². The molecule has 5 nitrogen and oxygen atoms in total. The van der Waals surface area contributed by atoms with Gasteiger partial charge in [-0.3, -0.25) is 9.59 Å². The molecule has 1 atom stereocenters. The van der Waals surface area contributed by atoms with Crippen LogP contribution in [-0.4, -0.2) is 23.5 Å². The van der Waals surface area contributed by atoms with Gasteiger partial charge in [0.15, 0.2) is 0 Å². The van der Waals surface area contributed by atoms with Crippen LogP contribution in [0.3, 0.4) is 0 Å². The molecular formula is C14H14N2O3S. The van der Waals surface area contributed by atoms with Gasteiger partial charge in [-0.25, -0.2) is 0 Å². The molecule has 2 amide bonds. The van der Waals surface area contributed by atoms with Crippen molar-refractivity contribution in [2.75, 3.05) is 6.54 Å². The highest BCUT2D eigenvalue weighted by molar-refractivity contribution is 7.13. The van der Waals surface area contributed by atoms with Gasteiger partial charge in [-0.2, -0.15) is 0 Å². The van der Waals surface area contributed by atoms with Crippen LogP contribution in [0.2, 0.25) is 0 Å². The predicted octanol–water partition coefficient (Wildman–Crippen LogP) is 1.05. The zero-order chi connectivity index (χ0) is 14.5. The number of rotatable bonds is 4. The molecule has 1 aromatic heterocycles. The first-order chi connectivity index (χ1) is 9.58. The summed E-state index contributed by atoms with van der Waals surface area (Å²) in [6.07, 6.45) is -0.879. The highest BCUT2D eigenvalue weighted by Gasteiger charge is 2.12. The minimum atomic E-state index is -1.06. The Morgan fingerprint density at radius 2 is 1.95 bits per heavy atom. The van der Waals surface area contributed by atoms with Crippen LogP contribution in [0.15, 0.2) is 41.8 Å². The van der Waals surface area contributed by atoms with Crippen molar-refractivity contribution < 1.29 is 14.7 Å². The van der Waals surface area contributed by atoms with E-state index >= 15 is 0 Å². The maximum Gasteiger partial charge on any atom is 0.309 e. The fourth-order valence-corrected chi connectivity index (χ4v) is 2.44. The van der Waals surface area contributed by atoms with Gasteiger partial charge in [0, 0.05) is 11.4 Å². The van der Waals surface area contributed by atoms with Gasteiger partial charge in [0.25, 0.3) is 0 Å². The number of nitrogens with two attached hydrogens (primary N) is 1. The van der Waals surface area contributed by atoms with Crippen LogP contribution in [-0.2, 0) is 9.59 Å². The smallest absolute Gasteiger partial charge is 0.309 e. The maximum atomic E-state index is 11.0. The van der Waals surface area contributed by atoms with E-state index in [1.165, 1.54) is 0 Å². The number of carbonyl (C=O) groups excluding carboxylic acids is 2. The molecular weight excluding hydrogens is 276 g/mol. The molecule has 0 saturated carbocycles. The highest BCUT2D eigenvalue weighted by Crippen LogP contribution is 2.25. The molecule has 1 heterocycles. The minimum absolute atomic E-state index is 0.0554. The monoisotopic (exact) mass is 290 g/mol. The first-order valence-corrected chi connectivity index (χ1v) is 6.85. The van der Waals surface area contributed by atoms with Gasteiger partial charge >= 0.3 is 11.8 Å². The van der Waals surface area contributed by atoms with Gasteiger partial charge in [0.05, 0.1) is 6.10 Å². The molecule has 0 aliphatic heterocycles. The fraction of sp³-hybridized carbons (Fsp3) is 0.143. The van der Waals surface area contributed by atoms with E-state index < -0.39 is 17.9 Å². The van der Waals surface area contributed by atoms with E-state index in [1.54, 1.807) is 23.5 Å². The number of hydrogen-bond donors (Lipinski definition) is 3. The van der Waals surface area contributed by atoms with Crippen LogP contribution in [0.4, 0.5) is 0 Å². The standard InChI is InChI=1S/C14H14N2O3S/c15-13(18)14(19)16-8-11(17)9-3-5-10(6-4-9)12-2-1-7-20-12/h1-7,11,17H,8H2,(H2,15,18)(H,16,19). The largest absolute Gasteiger partial charge is 0.387 e. The van der Waals surface area contributed by atoms with Crippen LogP contribution in [0.25, 0.3) is 10.4 Å². The number of aliphatic hydroxyl groups is 1. The Bertz CT molecular complexity index is 593. The molecule has 1 aromatic carbocycles. The Hall–Kier alpha value is -2.18. The number of hydrogen-bond acceptors (Lipinski definition) is 4. The number of thiophene rings is 1. The average Bonchev–Trinajstić information content (AvgIpc) is 2.98. The Labute approximate surface area is 120 Å². The number of amides is 2. The molecule has 0 spiro atoms. The van der Waals surface area contributed by atoms with Crippen molar-refractivity contribution in [2.45, 2.75) is 6.10 Å². The summed E-state index contributed by atoms with van der Waals surface area (Å²) in [4.78, 5) is 22.7. The lowest BCUT2D eigenvalue weighted by molar-refractivity contribution is -0.137. The third-order valence-corrected chi connectivity index (χ3v) is 3.70. The van der Waals surface area contributed by atoms with Crippen LogP contribution in [0, 0.1) is 0 Å². The van der Waals surface area contributed by atoms with E-state index in [-0.39, 0.29) is 6.54 Å². The van der Waals surface area contributed by atoms with Crippen LogP contribution < -0.4 is 11.1 Å². The van der Waals surface area contributed by atoms with Crippen molar-refractivity contribution in [3.8, 4) is 10.4 Å². The second kappa shape index (κ2) is 6.31. The van der Waals surface area contributed by atoms with Gasteiger partial charge in [-0.1, -0.05) is 30.3 Å². The molecule has 0 radical (unpaired) electrons. The predicted molar refractivity (Wildman–Crippen MR) is 76.9 cm³/mol. The second-order valence-corrected chi connectivity index (χ2v) is 5.14. The summed E-state index contributed by atoms with van der Waals surface area (Å²) in [5, 5.41) is 14.2. The third-order valence-electron chi connectivity index (χ3n) is 2.78. The lowest BCUT2D eigenvalue weighted by Crippen LogP contribution is -2.38. The van der Waals surface area contributed by atoms with Crippen molar-refractivity contribution in [3.05, 3.63) is 47.3 Å².